The van der Waals surface area contributed by atoms with Crippen molar-refractivity contribution in [3.8, 4) is 9.88 Å². The second-order valence-electron chi connectivity index (χ2n) is 4.68. The van der Waals surface area contributed by atoms with E-state index in [1.54, 1.807) is 16.7 Å². The first-order valence-electron chi connectivity index (χ1n) is 5.65. The Morgan fingerprint density at radius 3 is 2.84 bits per heavy atom. The van der Waals surface area contributed by atoms with Gasteiger partial charge < -0.3 is 11.1 Å². The first-order valence-corrected chi connectivity index (χ1v) is 8.14. The molecule has 2 aromatic heterocycles. The summed E-state index contributed by atoms with van der Waals surface area (Å²) in [6.45, 7) is 4.15. The lowest BCUT2D eigenvalue weighted by atomic mass is 10.1. The van der Waals surface area contributed by atoms with E-state index in [0.717, 1.165) is 13.7 Å². The molecule has 0 saturated heterocycles. The maximum absolute atomic E-state index is 12.0. The molecule has 0 aliphatic rings. The Kier molecular flexibility index (Phi) is 4.39. The van der Waals surface area contributed by atoms with E-state index in [1.165, 1.54) is 11.3 Å². The van der Waals surface area contributed by atoms with Crippen LogP contribution < -0.4 is 11.1 Å². The number of hydrogen-bond donors (Lipinski definition) is 2. The van der Waals surface area contributed by atoms with Crippen LogP contribution in [0, 0.1) is 0 Å². The molecule has 0 unspecified atom stereocenters. The third-order valence-corrected chi connectivity index (χ3v) is 5.12. The Bertz CT molecular complexity index is 591. The van der Waals surface area contributed by atoms with Gasteiger partial charge >= 0.3 is 0 Å². The SMILES string of the molecule is CC(C)(CN)NC(=O)c1csc(-c2ccc(Br)s2)n1. The van der Waals surface area contributed by atoms with Crippen molar-refractivity contribution in [3.63, 3.8) is 0 Å². The third-order valence-electron chi connectivity index (χ3n) is 2.48. The van der Waals surface area contributed by atoms with Gasteiger partial charge in [0.05, 0.1) is 8.66 Å². The van der Waals surface area contributed by atoms with Crippen LogP contribution in [0.1, 0.15) is 24.3 Å². The van der Waals surface area contributed by atoms with Gasteiger partial charge in [-0.1, -0.05) is 0 Å². The fourth-order valence-corrected chi connectivity index (χ4v) is 3.60. The van der Waals surface area contributed by atoms with Gasteiger partial charge in [-0.15, -0.1) is 22.7 Å². The summed E-state index contributed by atoms with van der Waals surface area (Å²) < 4.78 is 1.05. The van der Waals surface area contributed by atoms with Crippen molar-refractivity contribution in [1.29, 1.82) is 0 Å². The molecule has 2 heterocycles. The monoisotopic (exact) mass is 359 g/mol. The van der Waals surface area contributed by atoms with Crippen molar-refractivity contribution in [2.75, 3.05) is 6.54 Å². The van der Waals surface area contributed by atoms with Gasteiger partial charge in [-0.2, -0.15) is 0 Å². The Morgan fingerprint density at radius 2 is 2.26 bits per heavy atom. The molecule has 0 fully saturated rings. The van der Waals surface area contributed by atoms with Gasteiger partial charge in [0.2, 0.25) is 0 Å². The Labute approximate surface area is 128 Å². The highest BCUT2D eigenvalue weighted by atomic mass is 79.9. The van der Waals surface area contributed by atoms with Crippen LogP contribution in [0.5, 0.6) is 0 Å². The van der Waals surface area contributed by atoms with Crippen molar-refractivity contribution < 1.29 is 4.79 Å². The van der Waals surface area contributed by atoms with Crippen molar-refractivity contribution >= 4 is 44.5 Å². The number of hydrogen-bond acceptors (Lipinski definition) is 5. The zero-order valence-electron chi connectivity index (χ0n) is 10.6. The van der Waals surface area contributed by atoms with E-state index in [1.807, 2.05) is 26.0 Å². The van der Waals surface area contributed by atoms with Crippen LogP contribution in [0.2, 0.25) is 0 Å². The summed E-state index contributed by atoms with van der Waals surface area (Å²) in [7, 11) is 0. The van der Waals surface area contributed by atoms with Crippen molar-refractivity contribution in [2.45, 2.75) is 19.4 Å². The lowest BCUT2D eigenvalue weighted by Crippen LogP contribution is -2.48. The smallest absolute Gasteiger partial charge is 0.271 e. The molecule has 0 spiro atoms. The molecule has 2 aromatic rings. The summed E-state index contributed by atoms with van der Waals surface area (Å²) in [6.07, 6.45) is 0. The number of aromatic nitrogens is 1. The molecule has 3 N–H and O–H groups in total. The predicted octanol–water partition coefficient (Wildman–Crippen LogP) is 3.10. The van der Waals surface area contributed by atoms with Crippen LogP contribution in [-0.4, -0.2) is 23.0 Å². The molecule has 1 amide bonds. The van der Waals surface area contributed by atoms with Gasteiger partial charge in [0, 0.05) is 17.5 Å². The maximum Gasteiger partial charge on any atom is 0.271 e. The third kappa shape index (κ3) is 3.62. The standard InChI is InChI=1S/C12H14BrN3OS2/c1-12(2,6-14)16-10(17)7-5-18-11(15-7)8-3-4-9(13)19-8/h3-5H,6,14H2,1-2H3,(H,16,17). The Morgan fingerprint density at radius 1 is 1.53 bits per heavy atom. The average molecular weight is 360 g/mol. The fraction of sp³-hybridized carbons (Fsp3) is 0.333. The van der Waals surface area contributed by atoms with Gasteiger partial charge in [-0.3, -0.25) is 4.79 Å². The van der Waals surface area contributed by atoms with E-state index in [2.05, 4.69) is 26.2 Å². The van der Waals surface area contributed by atoms with E-state index < -0.39 is 5.54 Å². The molecule has 0 atom stereocenters. The second kappa shape index (κ2) is 5.70. The number of thiazole rings is 1. The molecule has 4 nitrogen and oxygen atoms in total. The number of rotatable bonds is 4. The van der Waals surface area contributed by atoms with E-state index in [-0.39, 0.29) is 5.91 Å². The summed E-state index contributed by atoms with van der Waals surface area (Å²) in [5.74, 6) is -0.187. The number of carbonyl (C=O) groups is 1. The van der Waals surface area contributed by atoms with Crippen molar-refractivity contribution in [3.05, 3.63) is 27.0 Å². The molecule has 2 rings (SSSR count). The highest BCUT2D eigenvalue weighted by Gasteiger charge is 2.21. The fourth-order valence-electron chi connectivity index (χ4n) is 1.34. The first kappa shape index (κ1) is 14.6. The number of nitrogens with two attached hydrogens (primary N) is 1. The molecular formula is C12H14BrN3OS2. The van der Waals surface area contributed by atoms with Crippen molar-refractivity contribution in [1.82, 2.24) is 10.3 Å². The number of nitrogens with zero attached hydrogens (tertiary/aromatic N) is 1. The van der Waals surface area contributed by atoms with Gasteiger partial charge in [-0.05, 0) is 41.9 Å². The first-order chi connectivity index (χ1) is 8.91. The lowest BCUT2D eigenvalue weighted by Gasteiger charge is -2.23. The summed E-state index contributed by atoms with van der Waals surface area (Å²) in [5, 5.41) is 5.49. The minimum Gasteiger partial charge on any atom is -0.345 e. The molecule has 0 saturated carbocycles. The number of nitrogens with one attached hydrogen (secondary N) is 1. The van der Waals surface area contributed by atoms with Gasteiger partial charge in [0.15, 0.2) is 0 Å². The Hall–Kier alpha value is -0.760. The van der Waals surface area contributed by atoms with Crippen LogP contribution in [0.4, 0.5) is 0 Å². The van der Waals surface area contributed by atoms with E-state index in [4.69, 9.17) is 5.73 Å². The number of amides is 1. The van der Waals surface area contributed by atoms with Crippen LogP contribution in [0.15, 0.2) is 21.3 Å². The normalized spacial score (nSPS) is 11.6. The lowest BCUT2D eigenvalue weighted by molar-refractivity contribution is 0.0911. The highest BCUT2D eigenvalue weighted by molar-refractivity contribution is 9.11. The van der Waals surface area contributed by atoms with E-state index in [9.17, 15) is 4.79 Å². The summed E-state index contributed by atoms with van der Waals surface area (Å²) in [4.78, 5) is 17.5. The highest BCUT2D eigenvalue weighted by Crippen LogP contribution is 2.33. The molecule has 102 valence electrons. The predicted molar refractivity (Wildman–Crippen MR) is 83.7 cm³/mol. The molecule has 0 aliphatic heterocycles. The number of thiophene rings is 1. The van der Waals surface area contributed by atoms with Crippen LogP contribution in [-0.2, 0) is 0 Å². The van der Waals surface area contributed by atoms with Gasteiger partial charge in [0.1, 0.15) is 10.7 Å². The topological polar surface area (TPSA) is 68.0 Å². The van der Waals surface area contributed by atoms with Gasteiger partial charge in [-0.25, -0.2) is 4.98 Å². The molecule has 0 aliphatic carbocycles. The second-order valence-corrected chi connectivity index (χ2v) is 8.00. The Balaban J connectivity index is 2.15. The van der Waals surface area contributed by atoms with E-state index >= 15 is 0 Å². The molecular weight excluding hydrogens is 346 g/mol. The molecule has 0 radical (unpaired) electrons. The molecule has 19 heavy (non-hydrogen) atoms. The quantitative estimate of drug-likeness (QED) is 0.880. The molecule has 0 aromatic carbocycles. The minimum atomic E-state index is -0.424. The number of halogens is 1. The molecule has 0 bridgehead atoms. The summed E-state index contributed by atoms with van der Waals surface area (Å²) >= 11 is 6.48. The minimum absolute atomic E-state index is 0.187. The van der Waals surface area contributed by atoms with Crippen LogP contribution in [0.25, 0.3) is 9.88 Å². The van der Waals surface area contributed by atoms with Gasteiger partial charge in [0.25, 0.3) is 5.91 Å². The van der Waals surface area contributed by atoms with E-state index in [0.29, 0.717) is 12.2 Å². The zero-order chi connectivity index (χ0) is 14.0. The average Bonchev–Trinajstić information content (AvgIpc) is 2.96. The van der Waals surface area contributed by atoms with Crippen LogP contribution in [0.3, 0.4) is 0 Å². The van der Waals surface area contributed by atoms with Crippen molar-refractivity contribution in [2.24, 2.45) is 5.73 Å². The summed E-state index contributed by atoms with van der Waals surface area (Å²) in [5.41, 5.74) is 5.61. The maximum atomic E-state index is 12.0. The molecule has 7 heteroatoms. The largest absolute Gasteiger partial charge is 0.345 e. The number of carbonyl (C=O) groups excluding carboxylic acids is 1. The summed E-state index contributed by atoms with van der Waals surface area (Å²) in [6, 6.07) is 3.96. The van der Waals surface area contributed by atoms with Crippen LogP contribution >= 0.6 is 38.6 Å². The zero-order valence-corrected chi connectivity index (χ0v) is 13.8.